The van der Waals surface area contributed by atoms with Crippen LogP contribution in [0.25, 0.3) is 88.7 Å². The van der Waals surface area contributed by atoms with Crippen molar-refractivity contribution in [3.8, 4) is 34.0 Å². The summed E-state index contributed by atoms with van der Waals surface area (Å²) in [6.45, 7) is 16.1. The van der Waals surface area contributed by atoms with Crippen LogP contribution in [0.5, 0.6) is 0 Å². The van der Waals surface area contributed by atoms with Crippen LogP contribution in [0.4, 0.5) is 0 Å². The topological polar surface area (TPSA) is 49.7 Å². The Hall–Kier alpha value is -6.55. The molecule has 6 heteroatoms. The molecule has 0 aliphatic heterocycles. The molecule has 0 N–H and O–H groups in total. The van der Waals surface area contributed by atoms with Crippen molar-refractivity contribution >= 4 is 54.6 Å². The van der Waals surface area contributed by atoms with Crippen LogP contribution in [-0.2, 0) is 31.9 Å². The number of pyridine rings is 1. The van der Waals surface area contributed by atoms with Gasteiger partial charge in [0.15, 0.2) is 0 Å². The molecule has 0 bridgehead atoms. The summed E-state index contributed by atoms with van der Waals surface area (Å²) < 4.78 is 4.65. The smallest absolute Gasteiger partial charge is 0.656 e. The van der Waals surface area contributed by atoms with Gasteiger partial charge in [0.05, 0.1) is 11.0 Å². The van der Waals surface area contributed by atoms with Gasteiger partial charge in [-0.3, -0.25) is 4.57 Å². The van der Waals surface area contributed by atoms with E-state index in [2.05, 4.69) is 215 Å². The summed E-state index contributed by atoms with van der Waals surface area (Å²) in [4.78, 5) is 15.8. The van der Waals surface area contributed by atoms with Crippen LogP contribution < -0.4 is 4.98 Å². The molecule has 5 nitrogen and oxygen atoms in total. The summed E-state index contributed by atoms with van der Waals surface area (Å²) >= 11 is 0. The van der Waals surface area contributed by atoms with Crippen molar-refractivity contribution in [2.45, 2.75) is 65.2 Å². The van der Waals surface area contributed by atoms with E-state index in [0.717, 1.165) is 83.3 Å². The maximum absolute atomic E-state index is 5.65. The van der Waals surface area contributed by atoms with E-state index < -0.39 is 0 Å². The fourth-order valence-corrected chi connectivity index (χ4v) is 9.66. The minimum absolute atomic E-state index is 0. The second-order valence-corrected chi connectivity index (χ2v) is 18.8. The molecular weight excluding hydrogens is 962 g/mol. The molecule has 4 aromatic heterocycles. The van der Waals surface area contributed by atoms with E-state index in [1.54, 1.807) is 0 Å². The Morgan fingerprint density at radius 3 is 2.11 bits per heavy atom. The van der Waals surface area contributed by atoms with Crippen LogP contribution in [0.1, 0.15) is 76.6 Å². The molecule has 0 amide bonds. The Morgan fingerprint density at radius 2 is 1.33 bits per heavy atom. The first-order valence-corrected chi connectivity index (χ1v) is 22.1. The molecule has 0 aliphatic carbocycles. The van der Waals surface area contributed by atoms with Gasteiger partial charge in [-0.1, -0.05) is 169 Å². The minimum atomic E-state index is -0.281. The molecule has 4 heterocycles. The van der Waals surface area contributed by atoms with Crippen LogP contribution in [0.3, 0.4) is 0 Å². The molecule has 7 aromatic carbocycles. The standard InChI is InChI=1S/C58H49N5.Pt/c1-36(2)38-32-47(58(6,7)39-18-9-8-10-19-39)53-45-30-29-37(33-50(45)63(51(53)34-38)52-28-13-14-31-59-52)42-23-17-27-49-55(42)61-56(62(49)41-21-15-20-40(35-41)57(3,4)5)46-25-16-24-44-43-22-11-12-26-48(43)60-54(44)46;/h8-32,34-36H,1-7H3;/q-2;+2. The number of imidazole rings is 1. The van der Waals surface area contributed by atoms with Crippen LogP contribution in [0.15, 0.2) is 164 Å². The molecule has 316 valence electrons. The van der Waals surface area contributed by atoms with Gasteiger partial charge in [-0.15, -0.1) is 34.8 Å². The zero-order valence-electron chi connectivity index (χ0n) is 37.2. The first-order valence-electron chi connectivity index (χ1n) is 22.1. The Balaban J connectivity index is 0.00000484. The Bertz CT molecular complexity index is 3550. The quantitative estimate of drug-likeness (QED) is 0.150. The third kappa shape index (κ3) is 6.63. The molecule has 0 atom stereocenters. The van der Waals surface area contributed by atoms with Gasteiger partial charge in [0.1, 0.15) is 11.6 Å². The number of aromatic nitrogens is 5. The van der Waals surface area contributed by atoms with Crippen molar-refractivity contribution < 1.29 is 21.1 Å². The van der Waals surface area contributed by atoms with Crippen molar-refractivity contribution in [2.75, 3.05) is 0 Å². The molecule has 0 radical (unpaired) electrons. The summed E-state index contributed by atoms with van der Waals surface area (Å²) in [6, 6.07) is 60.7. The van der Waals surface area contributed by atoms with E-state index in [-0.39, 0.29) is 31.9 Å². The van der Waals surface area contributed by atoms with Crippen molar-refractivity contribution in [1.29, 1.82) is 0 Å². The summed E-state index contributed by atoms with van der Waals surface area (Å²) in [5.74, 6) is 2.05. The van der Waals surface area contributed by atoms with Crippen molar-refractivity contribution in [3.63, 3.8) is 0 Å². The largest absolute Gasteiger partial charge is 2.00 e. The molecule has 0 saturated heterocycles. The van der Waals surface area contributed by atoms with Gasteiger partial charge in [-0.25, -0.2) is 9.97 Å². The average molecular weight is 1010 g/mol. The molecule has 0 saturated carbocycles. The number of hydrogen-bond donors (Lipinski definition) is 0. The normalized spacial score (nSPS) is 12.3. The van der Waals surface area contributed by atoms with Gasteiger partial charge in [-0.05, 0) is 91.7 Å². The molecular formula is C58H49N5Pt. The van der Waals surface area contributed by atoms with Crippen molar-refractivity contribution in [1.82, 2.24) is 24.1 Å². The van der Waals surface area contributed by atoms with Crippen LogP contribution in [0, 0.1) is 6.07 Å². The van der Waals surface area contributed by atoms with E-state index in [0.29, 0.717) is 5.92 Å². The first kappa shape index (κ1) is 41.5. The fraction of sp³-hybridized carbons (Fsp3) is 0.172. The predicted molar refractivity (Wildman–Crippen MR) is 263 cm³/mol. The number of hydrogen-bond acceptors (Lipinski definition) is 2. The van der Waals surface area contributed by atoms with E-state index in [1.807, 2.05) is 12.3 Å². The van der Waals surface area contributed by atoms with Gasteiger partial charge >= 0.3 is 21.1 Å². The third-order valence-corrected chi connectivity index (χ3v) is 13.2. The summed E-state index contributed by atoms with van der Waals surface area (Å²) in [5, 5.41) is 4.64. The second-order valence-electron chi connectivity index (χ2n) is 18.8. The van der Waals surface area contributed by atoms with Crippen LogP contribution in [-0.4, -0.2) is 19.1 Å². The number of benzene rings is 7. The summed E-state index contributed by atoms with van der Waals surface area (Å²) in [6.07, 6.45) is 1.88. The SMILES string of the molecule is CC(C)c1cc(C(C)(C)c2ccccc2)c2c3ccc(-c4cccc5c4nc(-c4cccc6c4[n-]c4ccccc46)n5-c4cccc(C(C)(C)C)c4)[c-]c3n(-c3ccccn3)c2c1.[Pt+2]. The van der Waals surface area contributed by atoms with E-state index in [1.165, 1.54) is 27.6 Å². The first-order chi connectivity index (χ1) is 30.5. The summed E-state index contributed by atoms with van der Waals surface area (Å²) in [5.41, 5.74) is 14.8. The van der Waals surface area contributed by atoms with Gasteiger partial charge < -0.3 is 9.55 Å². The van der Waals surface area contributed by atoms with Crippen molar-refractivity contribution in [2.24, 2.45) is 0 Å². The Kier molecular flexibility index (Phi) is 10.1. The molecule has 0 spiro atoms. The molecule has 64 heavy (non-hydrogen) atoms. The second kappa shape index (κ2) is 15.6. The van der Waals surface area contributed by atoms with Gasteiger partial charge in [0.2, 0.25) is 0 Å². The minimum Gasteiger partial charge on any atom is -0.656 e. The van der Waals surface area contributed by atoms with Crippen LogP contribution >= 0.6 is 0 Å². The van der Waals surface area contributed by atoms with Gasteiger partial charge in [0, 0.05) is 28.4 Å². The van der Waals surface area contributed by atoms with Crippen LogP contribution in [0.2, 0.25) is 0 Å². The fourth-order valence-electron chi connectivity index (χ4n) is 9.66. The maximum atomic E-state index is 5.65. The Labute approximate surface area is 389 Å². The zero-order valence-corrected chi connectivity index (χ0v) is 39.5. The third-order valence-electron chi connectivity index (χ3n) is 13.2. The number of fused-ring (bicyclic) bond motifs is 7. The van der Waals surface area contributed by atoms with E-state index in [9.17, 15) is 0 Å². The van der Waals surface area contributed by atoms with Gasteiger partial charge in [-0.2, -0.15) is 0 Å². The molecule has 0 unspecified atom stereocenters. The number of nitrogens with zero attached hydrogens (tertiary/aromatic N) is 5. The average Bonchev–Trinajstić information content (AvgIpc) is 3.98. The number of rotatable bonds is 7. The molecule has 11 aromatic rings. The van der Waals surface area contributed by atoms with Crippen molar-refractivity contribution in [3.05, 3.63) is 192 Å². The predicted octanol–water partition coefficient (Wildman–Crippen LogP) is 14.7. The number of para-hydroxylation sites is 3. The zero-order chi connectivity index (χ0) is 43.2. The molecule has 11 rings (SSSR count). The summed E-state index contributed by atoms with van der Waals surface area (Å²) in [7, 11) is 0. The maximum Gasteiger partial charge on any atom is 2.00 e. The van der Waals surface area contributed by atoms with Gasteiger partial charge in [0.25, 0.3) is 0 Å². The van der Waals surface area contributed by atoms with E-state index in [4.69, 9.17) is 15.0 Å². The Morgan fingerprint density at radius 1 is 0.609 bits per heavy atom. The van der Waals surface area contributed by atoms with E-state index >= 15 is 0 Å². The monoisotopic (exact) mass is 1010 g/mol. The molecule has 0 fully saturated rings. The molecule has 0 aliphatic rings.